The highest BCUT2D eigenvalue weighted by molar-refractivity contribution is 6.14. The Morgan fingerprint density at radius 1 is 1.14 bits per heavy atom. The second-order valence-electron chi connectivity index (χ2n) is 7.44. The molecule has 0 bridgehead atoms. The standard InChI is InChI=1S/C22H24N2O5/c1-14-8-7-9-16(12-14)29-15(2)20(26)28-13-19(25)24-18-11-6-5-10-17(18)23-21(27)22(24,3)4/h5-12,15H,13H2,1-4H3,(H,23,27)/t15-/m0/s1. The highest BCUT2D eigenvalue weighted by atomic mass is 16.6. The van der Waals surface area contributed by atoms with Gasteiger partial charge < -0.3 is 14.8 Å². The Kier molecular flexibility index (Phi) is 5.59. The van der Waals surface area contributed by atoms with E-state index in [9.17, 15) is 14.4 Å². The van der Waals surface area contributed by atoms with Gasteiger partial charge in [0.1, 0.15) is 11.3 Å². The third-order valence-electron chi connectivity index (χ3n) is 4.73. The topological polar surface area (TPSA) is 84.9 Å². The third kappa shape index (κ3) is 4.23. The van der Waals surface area contributed by atoms with Gasteiger partial charge in [-0.3, -0.25) is 14.5 Å². The van der Waals surface area contributed by atoms with Crippen molar-refractivity contribution < 1.29 is 23.9 Å². The molecule has 0 spiro atoms. The van der Waals surface area contributed by atoms with Gasteiger partial charge in [-0.25, -0.2) is 4.79 Å². The van der Waals surface area contributed by atoms with E-state index in [0.29, 0.717) is 17.1 Å². The molecule has 1 aliphatic rings. The van der Waals surface area contributed by atoms with Gasteiger partial charge in [-0.1, -0.05) is 24.3 Å². The molecule has 0 radical (unpaired) electrons. The number of benzene rings is 2. The summed E-state index contributed by atoms with van der Waals surface area (Å²) in [6.07, 6.45) is -0.880. The van der Waals surface area contributed by atoms with Crippen molar-refractivity contribution in [1.82, 2.24) is 0 Å². The number of nitrogens with one attached hydrogen (secondary N) is 1. The predicted molar refractivity (Wildman–Crippen MR) is 109 cm³/mol. The Morgan fingerprint density at radius 3 is 2.59 bits per heavy atom. The molecule has 0 aliphatic carbocycles. The number of anilines is 2. The molecule has 152 valence electrons. The molecule has 0 aromatic heterocycles. The van der Waals surface area contributed by atoms with E-state index in [1.54, 1.807) is 57.2 Å². The summed E-state index contributed by atoms with van der Waals surface area (Å²) in [4.78, 5) is 39.0. The SMILES string of the molecule is Cc1cccc(O[C@@H](C)C(=O)OCC(=O)N2c3ccccc3NC(=O)C2(C)C)c1. The highest BCUT2D eigenvalue weighted by Crippen LogP contribution is 2.36. The number of amides is 2. The van der Waals surface area contributed by atoms with E-state index in [4.69, 9.17) is 9.47 Å². The molecular formula is C22H24N2O5. The van der Waals surface area contributed by atoms with Crippen molar-refractivity contribution >= 4 is 29.2 Å². The second-order valence-corrected chi connectivity index (χ2v) is 7.44. The van der Waals surface area contributed by atoms with E-state index in [1.807, 2.05) is 19.1 Å². The molecule has 3 rings (SSSR count). The van der Waals surface area contributed by atoms with Crippen molar-refractivity contribution in [2.24, 2.45) is 0 Å². The quantitative estimate of drug-likeness (QED) is 0.785. The monoisotopic (exact) mass is 396 g/mol. The first-order valence-electron chi connectivity index (χ1n) is 9.33. The Bertz CT molecular complexity index is 954. The number of fused-ring (bicyclic) bond motifs is 1. The van der Waals surface area contributed by atoms with Crippen LogP contribution in [0.2, 0.25) is 0 Å². The number of carbonyl (C=O) groups is 3. The molecule has 1 N–H and O–H groups in total. The molecule has 1 atom stereocenters. The summed E-state index contributed by atoms with van der Waals surface area (Å²) in [5, 5.41) is 2.79. The normalized spacial score (nSPS) is 15.7. The molecule has 2 amide bonds. The van der Waals surface area contributed by atoms with E-state index in [1.165, 1.54) is 4.90 Å². The van der Waals surface area contributed by atoms with Crippen molar-refractivity contribution in [1.29, 1.82) is 0 Å². The van der Waals surface area contributed by atoms with E-state index >= 15 is 0 Å². The minimum absolute atomic E-state index is 0.313. The molecule has 2 aromatic rings. The lowest BCUT2D eigenvalue weighted by Gasteiger charge is -2.41. The lowest BCUT2D eigenvalue weighted by Crippen LogP contribution is -2.59. The maximum absolute atomic E-state index is 12.9. The van der Waals surface area contributed by atoms with Gasteiger partial charge in [0.25, 0.3) is 5.91 Å². The van der Waals surface area contributed by atoms with E-state index in [-0.39, 0.29) is 5.91 Å². The Morgan fingerprint density at radius 2 is 1.86 bits per heavy atom. The van der Waals surface area contributed by atoms with Gasteiger partial charge >= 0.3 is 5.97 Å². The van der Waals surface area contributed by atoms with Gasteiger partial charge in [0.15, 0.2) is 12.7 Å². The number of aryl methyl sites for hydroxylation is 1. The van der Waals surface area contributed by atoms with Gasteiger partial charge in [-0.2, -0.15) is 0 Å². The number of carbonyl (C=O) groups excluding carboxylic acids is 3. The number of esters is 1. The summed E-state index contributed by atoms with van der Waals surface area (Å²) in [5.74, 6) is -0.920. The number of ether oxygens (including phenoxy) is 2. The van der Waals surface area contributed by atoms with Crippen molar-refractivity contribution in [2.45, 2.75) is 39.3 Å². The molecule has 0 saturated carbocycles. The first kappa shape index (κ1) is 20.4. The highest BCUT2D eigenvalue weighted by Gasteiger charge is 2.43. The summed E-state index contributed by atoms with van der Waals surface area (Å²) >= 11 is 0. The lowest BCUT2D eigenvalue weighted by atomic mass is 9.96. The average Bonchev–Trinajstić information content (AvgIpc) is 2.66. The Labute approximate surface area is 169 Å². The van der Waals surface area contributed by atoms with Gasteiger partial charge in [-0.05, 0) is 57.5 Å². The second kappa shape index (κ2) is 7.95. The van der Waals surface area contributed by atoms with Crippen molar-refractivity contribution in [3.8, 4) is 5.75 Å². The third-order valence-corrected chi connectivity index (χ3v) is 4.73. The number of hydrogen-bond donors (Lipinski definition) is 1. The molecule has 29 heavy (non-hydrogen) atoms. The molecular weight excluding hydrogens is 372 g/mol. The van der Waals surface area contributed by atoms with Gasteiger partial charge in [0.05, 0.1) is 11.4 Å². The van der Waals surface area contributed by atoms with Crippen LogP contribution in [0.5, 0.6) is 5.75 Å². The first-order valence-corrected chi connectivity index (χ1v) is 9.33. The largest absolute Gasteiger partial charge is 0.479 e. The van der Waals surface area contributed by atoms with Crippen LogP contribution in [0.4, 0.5) is 11.4 Å². The van der Waals surface area contributed by atoms with Gasteiger partial charge in [0, 0.05) is 0 Å². The lowest BCUT2D eigenvalue weighted by molar-refractivity contribution is -0.154. The summed E-state index contributed by atoms with van der Waals surface area (Å²) < 4.78 is 10.8. The zero-order valence-electron chi connectivity index (χ0n) is 16.9. The fourth-order valence-electron chi connectivity index (χ4n) is 3.15. The summed E-state index contributed by atoms with van der Waals surface area (Å²) in [7, 11) is 0. The Balaban J connectivity index is 1.68. The molecule has 1 aliphatic heterocycles. The van der Waals surface area contributed by atoms with Gasteiger partial charge in [-0.15, -0.1) is 0 Å². The van der Waals surface area contributed by atoms with Crippen LogP contribution in [0.15, 0.2) is 48.5 Å². The molecule has 1 heterocycles. The predicted octanol–water partition coefficient (Wildman–Crippen LogP) is 3.07. The fraction of sp³-hybridized carbons (Fsp3) is 0.318. The van der Waals surface area contributed by atoms with E-state index < -0.39 is 30.1 Å². The maximum atomic E-state index is 12.9. The van der Waals surface area contributed by atoms with Crippen LogP contribution in [0, 0.1) is 6.92 Å². The average molecular weight is 396 g/mol. The number of nitrogens with zero attached hydrogens (tertiary/aromatic N) is 1. The van der Waals surface area contributed by atoms with Crippen LogP contribution in [0.3, 0.4) is 0 Å². The maximum Gasteiger partial charge on any atom is 0.347 e. The number of para-hydroxylation sites is 2. The fourth-order valence-corrected chi connectivity index (χ4v) is 3.15. The molecule has 2 aromatic carbocycles. The summed E-state index contributed by atoms with van der Waals surface area (Å²) in [6, 6.07) is 14.3. The van der Waals surface area contributed by atoms with Crippen molar-refractivity contribution in [3.05, 3.63) is 54.1 Å². The van der Waals surface area contributed by atoms with Crippen LogP contribution in [-0.4, -0.2) is 36.0 Å². The zero-order chi connectivity index (χ0) is 21.2. The molecule has 7 heteroatoms. The van der Waals surface area contributed by atoms with Crippen LogP contribution < -0.4 is 15.0 Å². The molecule has 0 fully saturated rings. The number of hydrogen-bond acceptors (Lipinski definition) is 5. The van der Waals surface area contributed by atoms with E-state index in [2.05, 4.69) is 5.32 Å². The Hall–Kier alpha value is -3.35. The molecule has 7 nitrogen and oxygen atoms in total. The van der Waals surface area contributed by atoms with Crippen LogP contribution >= 0.6 is 0 Å². The zero-order valence-corrected chi connectivity index (χ0v) is 16.9. The minimum atomic E-state index is -1.12. The smallest absolute Gasteiger partial charge is 0.347 e. The minimum Gasteiger partial charge on any atom is -0.479 e. The van der Waals surface area contributed by atoms with Crippen molar-refractivity contribution in [2.75, 3.05) is 16.8 Å². The first-order chi connectivity index (χ1) is 13.7. The van der Waals surface area contributed by atoms with Crippen molar-refractivity contribution in [3.63, 3.8) is 0 Å². The number of rotatable bonds is 5. The van der Waals surface area contributed by atoms with E-state index in [0.717, 1.165) is 5.56 Å². The van der Waals surface area contributed by atoms with Gasteiger partial charge in [0.2, 0.25) is 5.91 Å². The van der Waals surface area contributed by atoms with Crippen LogP contribution in [0.25, 0.3) is 0 Å². The summed E-state index contributed by atoms with van der Waals surface area (Å²) in [6.45, 7) is 6.26. The molecule has 0 unspecified atom stereocenters. The molecule has 0 saturated heterocycles. The summed E-state index contributed by atoms with van der Waals surface area (Å²) in [5.41, 5.74) is 0.971. The van der Waals surface area contributed by atoms with Crippen LogP contribution in [0.1, 0.15) is 26.3 Å². The van der Waals surface area contributed by atoms with Crippen LogP contribution in [-0.2, 0) is 19.1 Å².